The smallest absolute Gasteiger partial charge is 0.190 e. The van der Waals surface area contributed by atoms with Gasteiger partial charge in [0.2, 0.25) is 0 Å². The molecule has 1 aromatic carbocycles. The average Bonchev–Trinajstić information content (AvgIpc) is 2.94. The quantitative estimate of drug-likeness (QED) is 0.758. The number of anilines is 2. The number of hydrogen-bond donors (Lipinski definition) is 0. The summed E-state index contributed by atoms with van der Waals surface area (Å²) in [6.45, 7) is 1.02. The molecule has 2 aromatic rings. The lowest BCUT2D eigenvalue weighted by molar-refractivity contribution is 0.984. The van der Waals surface area contributed by atoms with Crippen molar-refractivity contribution in [2.24, 2.45) is 0 Å². The van der Waals surface area contributed by atoms with Crippen molar-refractivity contribution < 1.29 is 0 Å². The first-order valence-electron chi connectivity index (χ1n) is 5.24. The summed E-state index contributed by atoms with van der Waals surface area (Å²) in [6, 6.07) is 8.51. The number of thiazole rings is 1. The van der Waals surface area contributed by atoms with Gasteiger partial charge >= 0.3 is 0 Å². The lowest BCUT2D eigenvalue weighted by Gasteiger charge is -2.15. The number of rotatable bonds is 2. The van der Waals surface area contributed by atoms with Gasteiger partial charge in [0.05, 0.1) is 11.6 Å². The number of aromatic nitrogens is 1. The standard InChI is InChI=1S/C12H11ClN2S/c13-7-10-8-16-12(14-10)15-6-5-9-3-1-2-4-11(9)15/h1-4,8H,5-7H2. The maximum absolute atomic E-state index is 5.77. The van der Waals surface area contributed by atoms with E-state index in [4.69, 9.17) is 11.6 Å². The van der Waals surface area contributed by atoms with Crippen LogP contribution in [0.4, 0.5) is 10.8 Å². The fourth-order valence-corrected chi connectivity index (χ4v) is 3.11. The molecule has 1 aliphatic heterocycles. The topological polar surface area (TPSA) is 16.1 Å². The number of alkyl halides is 1. The van der Waals surface area contributed by atoms with E-state index in [0.29, 0.717) is 5.88 Å². The molecular weight excluding hydrogens is 240 g/mol. The molecule has 1 aromatic heterocycles. The summed E-state index contributed by atoms with van der Waals surface area (Å²) in [6.07, 6.45) is 1.10. The van der Waals surface area contributed by atoms with Crippen LogP contribution >= 0.6 is 22.9 Å². The number of hydrogen-bond acceptors (Lipinski definition) is 3. The third kappa shape index (κ3) is 1.60. The van der Waals surface area contributed by atoms with E-state index >= 15 is 0 Å². The molecular formula is C12H11ClN2S. The summed E-state index contributed by atoms with van der Waals surface area (Å²) in [5, 5.41) is 3.09. The first-order valence-corrected chi connectivity index (χ1v) is 6.66. The van der Waals surface area contributed by atoms with E-state index in [1.807, 2.05) is 5.38 Å². The van der Waals surface area contributed by atoms with E-state index in [1.54, 1.807) is 11.3 Å². The van der Waals surface area contributed by atoms with Crippen LogP contribution in [0.1, 0.15) is 11.3 Å². The highest BCUT2D eigenvalue weighted by Crippen LogP contribution is 2.35. The molecule has 0 saturated heterocycles. The highest BCUT2D eigenvalue weighted by atomic mass is 35.5. The normalized spacial score (nSPS) is 14.2. The van der Waals surface area contributed by atoms with Crippen molar-refractivity contribution in [1.29, 1.82) is 0 Å². The van der Waals surface area contributed by atoms with Crippen LogP contribution in [0.25, 0.3) is 0 Å². The predicted molar refractivity (Wildman–Crippen MR) is 68.8 cm³/mol. The highest BCUT2D eigenvalue weighted by Gasteiger charge is 2.21. The van der Waals surface area contributed by atoms with E-state index in [-0.39, 0.29) is 0 Å². The Morgan fingerprint density at radius 3 is 3.06 bits per heavy atom. The molecule has 4 heteroatoms. The zero-order chi connectivity index (χ0) is 11.0. The molecule has 0 aliphatic carbocycles. The van der Waals surface area contributed by atoms with Crippen molar-refractivity contribution in [3.63, 3.8) is 0 Å². The van der Waals surface area contributed by atoms with Crippen LogP contribution < -0.4 is 4.90 Å². The summed E-state index contributed by atoms with van der Waals surface area (Å²) < 4.78 is 0. The van der Waals surface area contributed by atoms with Crippen molar-refractivity contribution in [2.45, 2.75) is 12.3 Å². The molecule has 0 bridgehead atoms. The van der Waals surface area contributed by atoms with Gasteiger partial charge in [-0.3, -0.25) is 0 Å². The molecule has 0 N–H and O–H groups in total. The molecule has 1 aliphatic rings. The monoisotopic (exact) mass is 250 g/mol. The lowest BCUT2D eigenvalue weighted by atomic mass is 10.2. The number of fused-ring (bicyclic) bond motifs is 1. The fraction of sp³-hybridized carbons (Fsp3) is 0.250. The Morgan fingerprint density at radius 1 is 1.38 bits per heavy atom. The van der Waals surface area contributed by atoms with Crippen molar-refractivity contribution in [1.82, 2.24) is 4.98 Å². The van der Waals surface area contributed by atoms with Gasteiger partial charge in [0.15, 0.2) is 5.13 Å². The van der Waals surface area contributed by atoms with Crippen molar-refractivity contribution in [2.75, 3.05) is 11.4 Å². The summed E-state index contributed by atoms with van der Waals surface area (Å²) in [7, 11) is 0. The van der Waals surface area contributed by atoms with Gasteiger partial charge in [-0.1, -0.05) is 18.2 Å². The number of halogens is 1. The maximum atomic E-state index is 5.77. The van der Waals surface area contributed by atoms with Gasteiger partial charge in [-0.25, -0.2) is 4.98 Å². The first kappa shape index (κ1) is 10.1. The van der Waals surface area contributed by atoms with Crippen LogP contribution in [0.5, 0.6) is 0 Å². The van der Waals surface area contributed by atoms with Crippen molar-refractivity contribution in [3.05, 3.63) is 40.9 Å². The average molecular weight is 251 g/mol. The van der Waals surface area contributed by atoms with Crippen LogP contribution in [-0.2, 0) is 12.3 Å². The second kappa shape index (κ2) is 4.07. The zero-order valence-electron chi connectivity index (χ0n) is 8.69. The Balaban J connectivity index is 1.98. The Bertz CT molecular complexity index is 509. The van der Waals surface area contributed by atoms with Gasteiger partial charge in [-0.2, -0.15) is 0 Å². The molecule has 82 valence electrons. The zero-order valence-corrected chi connectivity index (χ0v) is 10.3. The van der Waals surface area contributed by atoms with Crippen LogP contribution in [0, 0.1) is 0 Å². The Hall–Kier alpha value is -1.06. The minimum Gasteiger partial charge on any atom is -0.317 e. The Morgan fingerprint density at radius 2 is 2.25 bits per heavy atom. The van der Waals surface area contributed by atoms with Crippen LogP contribution in [-0.4, -0.2) is 11.5 Å². The van der Waals surface area contributed by atoms with Gasteiger partial charge in [0, 0.05) is 17.6 Å². The van der Waals surface area contributed by atoms with E-state index in [9.17, 15) is 0 Å². The molecule has 2 heterocycles. The first-order chi connectivity index (χ1) is 7.88. The maximum Gasteiger partial charge on any atom is 0.190 e. The minimum atomic E-state index is 0.492. The number of nitrogens with zero attached hydrogens (tertiary/aromatic N) is 2. The highest BCUT2D eigenvalue weighted by molar-refractivity contribution is 7.13. The minimum absolute atomic E-state index is 0.492. The van der Waals surface area contributed by atoms with Gasteiger partial charge in [0.1, 0.15) is 0 Å². The van der Waals surface area contributed by atoms with Crippen LogP contribution in [0.2, 0.25) is 0 Å². The molecule has 0 spiro atoms. The number of benzene rings is 1. The van der Waals surface area contributed by atoms with Gasteiger partial charge in [-0.05, 0) is 18.1 Å². The summed E-state index contributed by atoms with van der Waals surface area (Å²) in [5.41, 5.74) is 3.66. The van der Waals surface area contributed by atoms with E-state index in [2.05, 4.69) is 34.1 Å². The van der Waals surface area contributed by atoms with Crippen LogP contribution in [0.3, 0.4) is 0 Å². The molecule has 0 unspecified atom stereocenters. The fourth-order valence-electron chi connectivity index (χ4n) is 2.02. The molecule has 0 fully saturated rings. The van der Waals surface area contributed by atoms with E-state index in [0.717, 1.165) is 23.8 Å². The second-order valence-electron chi connectivity index (χ2n) is 3.79. The molecule has 0 radical (unpaired) electrons. The third-order valence-electron chi connectivity index (χ3n) is 2.79. The second-order valence-corrected chi connectivity index (χ2v) is 4.89. The SMILES string of the molecule is ClCc1csc(N2CCc3ccccc32)n1. The van der Waals surface area contributed by atoms with Gasteiger partial charge in [0.25, 0.3) is 0 Å². The van der Waals surface area contributed by atoms with Gasteiger partial charge < -0.3 is 4.90 Å². The number of para-hydroxylation sites is 1. The molecule has 3 rings (SSSR count). The molecule has 0 amide bonds. The molecule has 16 heavy (non-hydrogen) atoms. The summed E-state index contributed by atoms with van der Waals surface area (Å²) >= 11 is 7.44. The van der Waals surface area contributed by atoms with Crippen molar-refractivity contribution in [3.8, 4) is 0 Å². The lowest BCUT2D eigenvalue weighted by Crippen LogP contribution is -2.12. The van der Waals surface area contributed by atoms with Gasteiger partial charge in [-0.15, -0.1) is 22.9 Å². The Labute approximate surface area is 104 Å². The van der Waals surface area contributed by atoms with Crippen molar-refractivity contribution >= 4 is 33.8 Å². The predicted octanol–water partition coefficient (Wildman–Crippen LogP) is 3.58. The van der Waals surface area contributed by atoms with E-state index in [1.165, 1.54) is 11.3 Å². The van der Waals surface area contributed by atoms with Crippen LogP contribution in [0.15, 0.2) is 29.6 Å². The summed E-state index contributed by atoms with van der Waals surface area (Å²) in [5.74, 6) is 0.492. The summed E-state index contributed by atoms with van der Waals surface area (Å²) in [4.78, 5) is 6.80. The molecule has 0 atom stereocenters. The molecule has 0 saturated carbocycles. The third-order valence-corrected chi connectivity index (χ3v) is 3.98. The molecule has 2 nitrogen and oxygen atoms in total. The largest absolute Gasteiger partial charge is 0.317 e. The van der Waals surface area contributed by atoms with E-state index < -0.39 is 0 Å². The Kier molecular flexibility index (Phi) is 2.58.